The lowest BCUT2D eigenvalue weighted by Crippen LogP contribution is -2.02. The Kier molecular flexibility index (Phi) is 4.84. The summed E-state index contributed by atoms with van der Waals surface area (Å²) in [5.74, 6) is 1.54. The summed E-state index contributed by atoms with van der Waals surface area (Å²) in [6.07, 6.45) is 2.72. The topological polar surface area (TPSA) is 47.9 Å². The fourth-order valence-corrected chi connectivity index (χ4v) is 1.64. The van der Waals surface area contributed by atoms with Crippen molar-refractivity contribution in [3.05, 3.63) is 29.8 Å². The number of allylic oxidation sites excluding steroid dienone is 1. The summed E-state index contributed by atoms with van der Waals surface area (Å²) in [6.45, 7) is 1.84. The average Bonchev–Trinajstić information content (AvgIpc) is 2.36. The van der Waals surface area contributed by atoms with Crippen molar-refractivity contribution in [2.45, 2.75) is 13.0 Å². The lowest BCUT2D eigenvalue weighted by molar-refractivity contribution is 0.220. The first-order valence-corrected chi connectivity index (χ1v) is 5.29. The summed E-state index contributed by atoms with van der Waals surface area (Å²) in [4.78, 5) is 0. The van der Waals surface area contributed by atoms with Crippen molar-refractivity contribution >= 4 is 0 Å². The zero-order chi connectivity index (χ0) is 12.8. The van der Waals surface area contributed by atoms with Crippen LogP contribution in [0.25, 0.3) is 0 Å². The molecule has 0 saturated heterocycles. The van der Waals surface area contributed by atoms with Crippen LogP contribution < -0.4 is 14.2 Å². The van der Waals surface area contributed by atoms with Gasteiger partial charge in [0.2, 0.25) is 5.75 Å². The van der Waals surface area contributed by atoms with E-state index in [0.717, 1.165) is 0 Å². The molecule has 94 valence electrons. The highest BCUT2D eigenvalue weighted by atomic mass is 16.5. The molecule has 1 aromatic carbocycles. The number of methoxy groups -OCH3 is 3. The van der Waals surface area contributed by atoms with Gasteiger partial charge in [-0.3, -0.25) is 0 Å². The lowest BCUT2D eigenvalue weighted by Gasteiger charge is -2.17. The summed E-state index contributed by atoms with van der Waals surface area (Å²) >= 11 is 0. The van der Waals surface area contributed by atoms with Crippen LogP contribution in [0.4, 0.5) is 0 Å². The third-order valence-corrected chi connectivity index (χ3v) is 2.43. The van der Waals surface area contributed by atoms with Gasteiger partial charge in [0, 0.05) is 5.56 Å². The average molecular weight is 238 g/mol. The van der Waals surface area contributed by atoms with Gasteiger partial charge in [-0.05, 0) is 19.1 Å². The van der Waals surface area contributed by atoms with E-state index in [0.29, 0.717) is 22.8 Å². The second-order valence-electron chi connectivity index (χ2n) is 3.39. The van der Waals surface area contributed by atoms with E-state index in [9.17, 15) is 5.11 Å². The molecule has 1 N–H and O–H groups in total. The van der Waals surface area contributed by atoms with Gasteiger partial charge in [-0.15, -0.1) is 0 Å². The van der Waals surface area contributed by atoms with Gasteiger partial charge < -0.3 is 19.3 Å². The molecule has 0 aliphatic carbocycles. The molecule has 0 bridgehead atoms. The third kappa shape index (κ3) is 2.71. The Bertz CT molecular complexity index is 399. The molecular weight excluding hydrogens is 220 g/mol. The van der Waals surface area contributed by atoms with E-state index >= 15 is 0 Å². The minimum atomic E-state index is -0.727. The molecule has 0 spiro atoms. The second kappa shape index (κ2) is 6.15. The molecular formula is C13H18O4. The maximum Gasteiger partial charge on any atom is 0.203 e. The normalized spacial score (nSPS) is 12.5. The van der Waals surface area contributed by atoms with Crippen LogP contribution in [0.3, 0.4) is 0 Å². The van der Waals surface area contributed by atoms with Crippen LogP contribution in [-0.4, -0.2) is 26.4 Å². The molecule has 1 rings (SSSR count). The third-order valence-electron chi connectivity index (χ3n) is 2.43. The van der Waals surface area contributed by atoms with E-state index in [2.05, 4.69) is 0 Å². The van der Waals surface area contributed by atoms with Gasteiger partial charge in [-0.25, -0.2) is 0 Å². The molecule has 0 amide bonds. The monoisotopic (exact) mass is 238 g/mol. The fourth-order valence-electron chi connectivity index (χ4n) is 1.64. The molecule has 0 fully saturated rings. The number of ether oxygens (including phenoxy) is 3. The molecule has 0 saturated carbocycles. The molecule has 0 heterocycles. The van der Waals surface area contributed by atoms with Crippen LogP contribution in [-0.2, 0) is 0 Å². The van der Waals surface area contributed by atoms with Crippen LogP contribution in [0.5, 0.6) is 17.2 Å². The van der Waals surface area contributed by atoms with E-state index in [4.69, 9.17) is 14.2 Å². The molecule has 0 radical (unpaired) electrons. The van der Waals surface area contributed by atoms with E-state index in [-0.39, 0.29) is 0 Å². The molecule has 4 heteroatoms. The van der Waals surface area contributed by atoms with Crippen molar-refractivity contribution in [1.82, 2.24) is 0 Å². The first kappa shape index (κ1) is 13.4. The van der Waals surface area contributed by atoms with Gasteiger partial charge in [0.25, 0.3) is 0 Å². The van der Waals surface area contributed by atoms with Crippen LogP contribution in [0, 0.1) is 0 Å². The fraction of sp³-hybridized carbons (Fsp3) is 0.385. The smallest absolute Gasteiger partial charge is 0.203 e. The van der Waals surface area contributed by atoms with Crippen molar-refractivity contribution in [3.8, 4) is 17.2 Å². The SMILES string of the molecule is CC=CC(O)c1ccc(OC)c(OC)c1OC. The number of aliphatic hydroxyl groups excluding tert-OH is 1. The van der Waals surface area contributed by atoms with Crippen molar-refractivity contribution < 1.29 is 19.3 Å². The number of benzene rings is 1. The highest BCUT2D eigenvalue weighted by Gasteiger charge is 2.19. The summed E-state index contributed by atoms with van der Waals surface area (Å²) in [6, 6.07) is 3.49. The molecule has 1 unspecified atom stereocenters. The Balaban J connectivity index is 3.32. The van der Waals surface area contributed by atoms with E-state index in [1.807, 2.05) is 6.92 Å². The first-order valence-electron chi connectivity index (χ1n) is 5.29. The summed E-state index contributed by atoms with van der Waals surface area (Å²) in [7, 11) is 4.62. The predicted octanol–water partition coefficient (Wildman–Crippen LogP) is 2.32. The molecule has 1 atom stereocenters. The molecule has 4 nitrogen and oxygen atoms in total. The number of rotatable bonds is 5. The highest BCUT2D eigenvalue weighted by molar-refractivity contribution is 5.56. The Morgan fingerprint density at radius 2 is 1.71 bits per heavy atom. The van der Waals surface area contributed by atoms with Crippen LogP contribution in [0.1, 0.15) is 18.6 Å². The second-order valence-corrected chi connectivity index (χ2v) is 3.39. The van der Waals surface area contributed by atoms with Crippen molar-refractivity contribution in [1.29, 1.82) is 0 Å². The highest BCUT2D eigenvalue weighted by Crippen LogP contribution is 2.42. The van der Waals surface area contributed by atoms with Gasteiger partial charge in [0.15, 0.2) is 11.5 Å². The summed E-state index contributed by atoms with van der Waals surface area (Å²) in [5.41, 5.74) is 0.642. The molecule has 0 aliphatic heterocycles. The minimum absolute atomic E-state index is 0.482. The van der Waals surface area contributed by atoms with Gasteiger partial charge in [0.05, 0.1) is 21.3 Å². The van der Waals surface area contributed by atoms with E-state index in [1.54, 1.807) is 31.4 Å². The van der Waals surface area contributed by atoms with E-state index < -0.39 is 6.10 Å². The van der Waals surface area contributed by atoms with Gasteiger partial charge >= 0.3 is 0 Å². The van der Waals surface area contributed by atoms with Crippen LogP contribution in [0.15, 0.2) is 24.3 Å². The standard InChI is InChI=1S/C13H18O4/c1-5-6-10(14)9-7-8-11(15-2)13(17-4)12(9)16-3/h5-8,10,14H,1-4H3. The maximum absolute atomic E-state index is 9.95. The van der Waals surface area contributed by atoms with Gasteiger partial charge in [-0.2, -0.15) is 0 Å². The number of hydrogen-bond donors (Lipinski definition) is 1. The van der Waals surface area contributed by atoms with Crippen molar-refractivity contribution in [3.63, 3.8) is 0 Å². The first-order chi connectivity index (χ1) is 8.19. The van der Waals surface area contributed by atoms with Crippen LogP contribution in [0.2, 0.25) is 0 Å². The Morgan fingerprint density at radius 3 is 2.18 bits per heavy atom. The Morgan fingerprint density at radius 1 is 1.06 bits per heavy atom. The largest absolute Gasteiger partial charge is 0.493 e. The summed E-state index contributed by atoms with van der Waals surface area (Å²) in [5, 5.41) is 9.95. The molecule has 17 heavy (non-hydrogen) atoms. The zero-order valence-corrected chi connectivity index (χ0v) is 10.6. The quantitative estimate of drug-likeness (QED) is 0.800. The number of hydrogen-bond acceptors (Lipinski definition) is 4. The number of aliphatic hydroxyl groups is 1. The zero-order valence-electron chi connectivity index (χ0n) is 10.6. The molecule has 1 aromatic rings. The van der Waals surface area contributed by atoms with Crippen LogP contribution >= 0.6 is 0 Å². The molecule has 0 aliphatic rings. The lowest BCUT2D eigenvalue weighted by atomic mass is 10.1. The molecule has 0 aromatic heterocycles. The van der Waals surface area contributed by atoms with Crippen molar-refractivity contribution in [2.24, 2.45) is 0 Å². The maximum atomic E-state index is 9.95. The Labute approximate surface area is 101 Å². The van der Waals surface area contributed by atoms with Crippen molar-refractivity contribution in [2.75, 3.05) is 21.3 Å². The van der Waals surface area contributed by atoms with Gasteiger partial charge in [-0.1, -0.05) is 12.2 Å². The Hall–Kier alpha value is -1.68. The summed E-state index contributed by atoms with van der Waals surface area (Å²) < 4.78 is 15.7. The predicted molar refractivity (Wildman–Crippen MR) is 65.9 cm³/mol. The van der Waals surface area contributed by atoms with Gasteiger partial charge in [0.1, 0.15) is 6.10 Å². The minimum Gasteiger partial charge on any atom is -0.493 e. The van der Waals surface area contributed by atoms with E-state index in [1.165, 1.54) is 14.2 Å².